The third kappa shape index (κ3) is 1.42. The predicted molar refractivity (Wildman–Crippen MR) is 55.0 cm³/mol. The van der Waals surface area contributed by atoms with Gasteiger partial charge >= 0.3 is 0 Å². The summed E-state index contributed by atoms with van der Waals surface area (Å²) in [5.74, 6) is 0.560. The van der Waals surface area contributed by atoms with Crippen molar-refractivity contribution in [1.29, 1.82) is 5.26 Å². The Labute approximate surface area is 86.3 Å². The second-order valence-corrected chi connectivity index (χ2v) is 3.95. The summed E-state index contributed by atoms with van der Waals surface area (Å²) in [7, 11) is 1.90. The average Bonchev–Trinajstić information content (AvgIpc) is 2.80. The zero-order valence-electron chi connectivity index (χ0n) is 7.71. The lowest BCUT2D eigenvalue weighted by Gasteiger charge is -2.05. The van der Waals surface area contributed by atoms with Gasteiger partial charge in [-0.2, -0.15) is 5.26 Å². The summed E-state index contributed by atoms with van der Waals surface area (Å²) in [4.78, 5) is 5.23. The fraction of sp³-hybridized carbons (Fsp3) is 0.200. The molecule has 0 fully saturated rings. The molecule has 0 aliphatic heterocycles. The van der Waals surface area contributed by atoms with E-state index in [1.807, 2.05) is 35.3 Å². The van der Waals surface area contributed by atoms with E-state index in [0.717, 1.165) is 10.7 Å². The molecule has 0 aliphatic rings. The van der Waals surface area contributed by atoms with E-state index in [-0.39, 0.29) is 5.92 Å². The van der Waals surface area contributed by atoms with Crippen molar-refractivity contribution in [2.75, 3.05) is 0 Å². The van der Waals surface area contributed by atoms with Gasteiger partial charge in [-0.05, 0) is 11.4 Å². The average molecular weight is 203 g/mol. The summed E-state index contributed by atoms with van der Waals surface area (Å²) in [6.45, 7) is 0. The number of hydrogen-bond donors (Lipinski definition) is 0. The van der Waals surface area contributed by atoms with Gasteiger partial charge in [-0.25, -0.2) is 4.98 Å². The molecule has 1 unspecified atom stereocenters. The van der Waals surface area contributed by atoms with E-state index in [2.05, 4.69) is 11.1 Å². The first-order valence-corrected chi connectivity index (χ1v) is 5.11. The summed E-state index contributed by atoms with van der Waals surface area (Å²) in [5, 5.41) is 11.1. The van der Waals surface area contributed by atoms with Gasteiger partial charge in [-0.3, -0.25) is 0 Å². The van der Waals surface area contributed by atoms with Gasteiger partial charge in [0.25, 0.3) is 0 Å². The maximum absolute atomic E-state index is 9.10. The number of rotatable bonds is 2. The van der Waals surface area contributed by atoms with Gasteiger partial charge in [0.2, 0.25) is 0 Å². The summed E-state index contributed by atoms with van der Waals surface area (Å²) in [6.07, 6.45) is 3.57. The fourth-order valence-corrected chi connectivity index (χ4v) is 2.13. The SMILES string of the molecule is Cn1ccnc1C(C#N)c1cccs1. The van der Waals surface area contributed by atoms with Gasteiger partial charge < -0.3 is 4.57 Å². The molecule has 4 heteroatoms. The monoisotopic (exact) mass is 203 g/mol. The van der Waals surface area contributed by atoms with Crippen molar-refractivity contribution < 1.29 is 0 Å². The largest absolute Gasteiger partial charge is 0.337 e. The van der Waals surface area contributed by atoms with Crippen molar-refractivity contribution in [2.45, 2.75) is 5.92 Å². The summed E-state index contributed by atoms with van der Waals surface area (Å²) < 4.78 is 1.88. The molecule has 3 nitrogen and oxygen atoms in total. The molecular formula is C10H9N3S. The molecule has 0 bridgehead atoms. The Morgan fingerprint density at radius 1 is 1.64 bits per heavy atom. The van der Waals surface area contributed by atoms with Gasteiger partial charge in [-0.1, -0.05) is 6.07 Å². The van der Waals surface area contributed by atoms with Crippen LogP contribution in [-0.4, -0.2) is 9.55 Å². The predicted octanol–water partition coefficient (Wildman–Crippen LogP) is 2.14. The van der Waals surface area contributed by atoms with E-state index in [1.54, 1.807) is 17.5 Å². The Morgan fingerprint density at radius 3 is 3.00 bits per heavy atom. The van der Waals surface area contributed by atoms with Gasteiger partial charge in [0.05, 0.1) is 6.07 Å². The highest BCUT2D eigenvalue weighted by Gasteiger charge is 2.17. The van der Waals surface area contributed by atoms with Crippen LogP contribution in [0.3, 0.4) is 0 Å². The van der Waals surface area contributed by atoms with E-state index >= 15 is 0 Å². The van der Waals surface area contributed by atoms with Gasteiger partial charge in [0, 0.05) is 24.3 Å². The molecular weight excluding hydrogens is 194 g/mol. The van der Waals surface area contributed by atoms with Crippen LogP contribution in [0, 0.1) is 11.3 Å². The van der Waals surface area contributed by atoms with Crippen molar-refractivity contribution in [2.24, 2.45) is 7.05 Å². The van der Waals surface area contributed by atoms with E-state index in [1.165, 1.54) is 0 Å². The van der Waals surface area contributed by atoms with Crippen LogP contribution in [0.2, 0.25) is 0 Å². The minimum Gasteiger partial charge on any atom is -0.337 e. The third-order valence-corrected chi connectivity index (χ3v) is 3.01. The molecule has 0 aliphatic carbocycles. The normalized spacial score (nSPS) is 12.3. The first-order valence-electron chi connectivity index (χ1n) is 4.23. The third-order valence-electron chi connectivity index (χ3n) is 2.07. The van der Waals surface area contributed by atoms with Crippen LogP contribution in [0.15, 0.2) is 29.9 Å². The molecule has 0 aromatic carbocycles. The maximum atomic E-state index is 9.10. The Kier molecular flexibility index (Phi) is 2.33. The van der Waals surface area contributed by atoms with E-state index in [4.69, 9.17) is 5.26 Å². The Morgan fingerprint density at radius 2 is 2.50 bits per heavy atom. The molecule has 0 N–H and O–H groups in total. The van der Waals surface area contributed by atoms with E-state index in [9.17, 15) is 0 Å². The highest BCUT2D eigenvalue weighted by atomic mass is 32.1. The van der Waals surface area contributed by atoms with Crippen LogP contribution in [0.1, 0.15) is 16.6 Å². The smallest absolute Gasteiger partial charge is 0.138 e. The Hall–Kier alpha value is -1.60. The molecule has 2 heterocycles. The van der Waals surface area contributed by atoms with Crippen LogP contribution in [0.4, 0.5) is 0 Å². The fourth-order valence-electron chi connectivity index (χ4n) is 1.36. The molecule has 0 spiro atoms. The molecule has 1 atom stereocenters. The topological polar surface area (TPSA) is 41.6 Å². The molecule has 0 radical (unpaired) electrons. The molecule has 2 rings (SSSR count). The van der Waals surface area contributed by atoms with Crippen molar-refractivity contribution >= 4 is 11.3 Å². The van der Waals surface area contributed by atoms with E-state index in [0.29, 0.717) is 0 Å². The molecule has 2 aromatic rings. The second kappa shape index (κ2) is 3.64. The lowest BCUT2D eigenvalue weighted by molar-refractivity contribution is 0.790. The number of aromatic nitrogens is 2. The first kappa shape index (κ1) is 8.97. The standard InChI is InChI=1S/C10H9N3S/c1-13-5-4-12-10(13)8(7-11)9-3-2-6-14-9/h2-6,8H,1H3. The van der Waals surface area contributed by atoms with Gasteiger partial charge in [0.15, 0.2) is 0 Å². The Balaban J connectivity index is 2.42. The molecule has 0 saturated heterocycles. The van der Waals surface area contributed by atoms with Crippen molar-refractivity contribution in [3.05, 3.63) is 40.6 Å². The molecule has 14 heavy (non-hydrogen) atoms. The number of nitriles is 1. The highest BCUT2D eigenvalue weighted by Crippen LogP contribution is 2.25. The highest BCUT2D eigenvalue weighted by molar-refractivity contribution is 7.10. The van der Waals surface area contributed by atoms with Crippen LogP contribution < -0.4 is 0 Å². The second-order valence-electron chi connectivity index (χ2n) is 2.97. The minimum atomic E-state index is -0.241. The van der Waals surface area contributed by atoms with Crippen molar-refractivity contribution in [1.82, 2.24) is 9.55 Å². The zero-order chi connectivity index (χ0) is 9.97. The summed E-state index contributed by atoms with van der Waals surface area (Å²) in [6, 6.07) is 6.19. The summed E-state index contributed by atoms with van der Waals surface area (Å²) in [5.41, 5.74) is 0. The van der Waals surface area contributed by atoms with Crippen LogP contribution in [0.25, 0.3) is 0 Å². The quantitative estimate of drug-likeness (QED) is 0.750. The summed E-state index contributed by atoms with van der Waals surface area (Å²) >= 11 is 1.59. The maximum Gasteiger partial charge on any atom is 0.138 e. The van der Waals surface area contributed by atoms with Crippen LogP contribution in [0.5, 0.6) is 0 Å². The van der Waals surface area contributed by atoms with Crippen molar-refractivity contribution in [3.8, 4) is 6.07 Å². The minimum absolute atomic E-state index is 0.241. The van der Waals surface area contributed by atoms with Crippen LogP contribution in [-0.2, 0) is 7.05 Å². The number of imidazole rings is 1. The van der Waals surface area contributed by atoms with Crippen molar-refractivity contribution in [3.63, 3.8) is 0 Å². The number of thiophene rings is 1. The van der Waals surface area contributed by atoms with Gasteiger partial charge in [-0.15, -0.1) is 11.3 Å². The Bertz CT molecular complexity index is 450. The molecule has 70 valence electrons. The number of hydrogen-bond acceptors (Lipinski definition) is 3. The first-order chi connectivity index (χ1) is 6.83. The number of nitrogens with zero attached hydrogens (tertiary/aromatic N) is 3. The van der Waals surface area contributed by atoms with Gasteiger partial charge in [0.1, 0.15) is 11.7 Å². The molecule has 0 saturated carbocycles. The van der Waals surface area contributed by atoms with E-state index < -0.39 is 0 Å². The number of aryl methyl sites for hydroxylation is 1. The molecule has 0 amide bonds. The molecule has 2 aromatic heterocycles. The zero-order valence-corrected chi connectivity index (χ0v) is 8.53. The van der Waals surface area contributed by atoms with Crippen LogP contribution >= 0.6 is 11.3 Å². The lowest BCUT2D eigenvalue weighted by Crippen LogP contribution is -2.04. The lowest BCUT2D eigenvalue weighted by atomic mass is 10.1.